The Balaban J connectivity index is 2.05. The van der Waals surface area contributed by atoms with Crippen LogP contribution in [0.3, 0.4) is 0 Å². The first-order valence-electron chi connectivity index (χ1n) is 6.34. The molecular weight excluding hydrogens is 279 g/mol. The lowest BCUT2D eigenvalue weighted by atomic mass is 9.98. The summed E-state index contributed by atoms with van der Waals surface area (Å²) < 4.78 is 18.2. The van der Waals surface area contributed by atoms with E-state index in [4.69, 9.17) is 4.74 Å². The number of carbonyl (C=O) groups excluding carboxylic acids is 3. The van der Waals surface area contributed by atoms with Crippen molar-refractivity contribution in [2.24, 2.45) is 0 Å². The summed E-state index contributed by atoms with van der Waals surface area (Å²) in [7, 11) is 0. The number of piperazine rings is 1. The van der Waals surface area contributed by atoms with Gasteiger partial charge in [0.15, 0.2) is 6.61 Å². The molecule has 2 rings (SSSR count). The van der Waals surface area contributed by atoms with Crippen molar-refractivity contribution in [1.82, 2.24) is 10.2 Å². The number of amides is 3. The number of imide groups is 1. The highest BCUT2D eigenvalue weighted by atomic mass is 19.1. The average molecular weight is 294 g/mol. The normalized spacial score (nSPS) is 17.4. The molecule has 0 aliphatic carbocycles. The van der Waals surface area contributed by atoms with Crippen LogP contribution >= 0.6 is 0 Å². The van der Waals surface area contributed by atoms with Crippen molar-refractivity contribution in [1.29, 1.82) is 0 Å². The summed E-state index contributed by atoms with van der Waals surface area (Å²) in [5.41, 5.74) is -1.14. The van der Waals surface area contributed by atoms with E-state index in [1.807, 2.05) is 0 Å². The van der Waals surface area contributed by atoms with Gasteiger partial charge in [0.2, 0.25) is 5.91 Å². The molecule has 0 saturated carbocycles. The predicted octanol–water partition coefficient (Wildman–Crippen LogP) is 0.468. The van der Waals surface area contributed by atoms with Crippen LogP contribution in [0.5, 0.6) is 5.75 Å². The van der Waals surface area contributed by atoms with Crippen molar-refractivity contribution >= 4 is 17.7 Å². The molecule has 0 aromatic heterocycles. The van der Waals surface area contributed by atoms with Crippen LogP contribution in [0, 0.1) is 5.82 Å². The molecule has 6 nitrogen and oxygen atoms in total. The lowest BCUT2D eigenvalue weighted by molar-refractivity contribution is -0.156. The summed E-state index contributed by atoms with van der Waals surface area (Å²) in [5, 5.41) is 2.17. The molecule has 1 aromatic carbocycles. The minimum Gasteiger partial charge on any atom is -0.484 e. The minimum atomic E-state index is -1.14. The van der Waals surface area contributed by atoms with Gasteiger partial charge in [0.25, 0.3) is 11.8 Å². The summed E-state index contributed by atoms with van der Waals surface area (Å²) in [4.78, 5) is 36.4. The fourth-order valence-corrected chi connectivity index (χ4v) is 1.96. The summed E-state index contributed by atoms with van der Waals surface area (Å²) >= 11 is 0. The van der Waals surface area contributed by atoms with Gasteiger partial charge in [-0.2, -0.15) is 0 Å². The molecule has 3 amide bonds. The Morgan fingerprint density at radius 1 is 1.43 bits per heavy atom. The third-order valence-electron chi connectivity index (χ3n) is 3.24. The maximum absolute atomic E-state index is 13.0. The van der Waals surface area contributed by atoms with Gasteiger partial charge >= 0.3 is 0 Å². The SMILES string of the molecule is CC1(C)C(=O)NC(=O)CN1C(=O)COc1cccc(F)c1. The molecule has 0 radical (unpaired) electrons. The van der Waals surface area contributed by atoms with E-state index in [1.165, 1.54) is 32.0 Å². The molecule has 7 heteroatoms. The summed E-state index contributed by atoms with van der Waals surface area (Å²) in [6.07, 6.45) is 0. The molecule has 0 unspecified atom stereocenters. The molecule has 0 atom stereocenters. The van der Waals surface area contributed by atoms with Crippen molar-refractivity contribution in [3.63, 3.8) is 0 Å². The molecule has 1 aliphatic heterocycles. The van der Waals surface area contributed by atoms with E-state index in [-0.39, 0.29) is 18.9 Å². The van der Waals surface area contributed by atoms with E-state index in [2.05, 4.69) is 5.32 Å². The second kappa shape index (κ2) is 5.51. The lowest BCUT2D eigenvalue weighted by Gasteiger charge is -2.39. The number of halogens is 1. The Morgan fingerprint density at radius 2 is 2.14 bits per heavy atom. The number of benzene rings is 1. The van der Waals surface area contributed by atoms with Gasteiger partial charge in [-0.25, -0.2) is 4.39 Å². The minimum absolute atomic E-state index is 0.203. The van der Waals surface area contributed by atoms with Crippen LogP contribution in [0.2, 0.25) is 0 Å². The average Bonchev–Trinajstić information content (AvgIpc) is 2.40. The van der Waals surface area contributed by atoms with E-state index in [0.29, 0.717) is 0 Å². The number of carbonyl (C=O) groups is 3. The van der Waals surface area contributed by atoms with Crippen molar-refractivity contribution in [3.8, 4) is 5.75 Å². The number of hydrogen-bond donors (Lipinski definition) is 1. The van der Waals surface area contributed by atoms with Gasteiger partial charge in [0.1, 0.15) is 23.7 Å². The van der Waals surface area contributed by atoms with Crippen molar-refractivity contribution in [2.45, 2.75) is 19.4 Å². The molecule has 0 bridgehead atoms. The molecule has 0 spiro atoms. The van der Waals surface area contributed by atoms with Gasteiger partial charge < -0.3 is 9.64 Å². The zero-order chi connectivity index (χ0) is 15.6. The molecule has 1 heterocycles. The lowest BCUT2D eigenvalue weighted by Crippen LogP contribution is -2.66. The van der Waals surface area contributed by atoms with Crippen molar-refractivity contribution in [2.75, 3.05) is 13.2 Å². The Hall–Kier alpha value is -2.44. The smallest absolute Gasteiger partial charge is 0.261 e. The number of nitrogens with zero attached hydrogens (tertiary/aromatic N) is 1. The van der Waals surface area contributed by atoms with Crippen LogP contribution in [-0.4, -0.2) is 41.3 Å². The summed E-state index contributed by atoms with van der Waals surface area (Å²) in [5.74, 6) is -1.88. The summed E-state index contributed by atoms with van der Waals surface area (Å²) in [6.45, 7) is 2.47. The van der Waals surface area contributed by atoms with Crippen LogP contribution < -0.4 is 10.1 Å². The van der Waals surface area contributed by atoms with Crippen molar-refractivity contribution < 1.29 is 23.5 Å². The monoisotopic (exact) mass is 294 g/mol. The second-order valence-electron chi connectivity index (χ2n) is 5.16. The van der Waals surface area contributed by atoms with Gasteiger partial charge in [0.05, 0.1) is 0 Å². The van der Waals surface area contributed by atoms with Gasteiger partial charge in [-0.15, -0.1) is 0 Å². The van der Waals surface area contributed by atoms with Crippen LogP contribution in [0.25, 0.3) is 0 Å². The topological polar surface area (TPSA) is 75.7 Å². The standard InChI is InChI=1S/C14H15FN2O4/c1-14(2)13(20)16-11(18)7-17(14)12(19)8-21-10-5-3-4-9(15)6-10/h3-6H,7-8H2,1-2H3,(H,16,18,20). The molecule has 1 aromatic rings. The van der Waals surface area contributed by atoms with E-state index < -0.39 is 29.1 Å². The van der Waals surface area contributed by atoms with E-state index >= 15 is 0 Å². The Labute approximate surface area is 120 Å². The van der Waals surface area contributed by atoms with Crippen LogP contribution in [0.1, 0.15) is 13.8 Å². The highest BCUT2D eigenvalue weighted by Crippen LogP contribution is 2.19. The van der Waals surface area contributed by atoms with Gasteiger partial charge in [-0.3, -0.25) is 19.7 Å². The summed E-state index contributed by atoms with van der Waals surface area (Å²) in [6, 6.07) is 5.37. The quantitative estimate of drug-likeness (QED) is 0.822. The maximum atomic E-state index is 13.0. The zero-order valence-corrected chi connectivity index (χ0v) is 11.7. The highest BCUT2D eigenvalue weighted by Gasteiger charge is 2.43. The van der Waals surface area contributed by atoms with Crippen molar-refractivity contribution in [3.05, 3.63) is 30.1 Å². The molecule has 1 saturated heterocycles. The largest absolute Gasteiger partial charge is 0.484 e. The molecule has 1 fully saturated rings. The molecular formula is C14H15FN2O4. The third kappa shape index (κ3) is 3.18. The Bertz CT molecular complexity index is 600. The van der Waals surface area contributed by atoms with E-state index in [0.717, 1.165) is 11.0 Å². The third-order valence-corrected chi connectivity index (χ3v) is 3.24. The fourth-order valence-electron chi connectivity index (χ4n) is 1.96. The number of rotatable bonds is 3. The Kier molecular flexibility index (Phi) is 3.93. The van der Waals surface area contributed by atoms with Crippen LogP contribution in [0.15, 0.2) is 24.3 Å². The van der Waals surface area contributed by atoms with E-state index in [9.17, 15) is 18.8 Å². The fraction of sp³-hybridized carbons (Fsp3) is 0.357. The van der Waals surface area contributed by atoms with Gasteiger partial charge in [-0.05, 0) is 26.0 Å². The Morgan fingerprint density at radius 3 is 2.81 bits per heavy atom. The second-order valence-corrected chi connectivity index (χ2v) is 5.16. The number of hydrogen-bond acceptors (Lipinski definition) is 4. The first-order valence-corrected chi connectivity index (χ1v) is 6.34. The predicted molar refractivity (Wildman–Crippen MR) is 70.8 cm³/mol. The first kappa shape index (κ1) is 15.0. The zero-order valence-electron chi connectivity index (χ0n) is 11.7. The molecule has 1 aliphatic rings. The van der Waals surface area contributed by atoms with Crippen LogP contribution in [0.4, 0.5) is 4.39 Å². The molecule has 1 N–H and O–H groups in total. The van der Waals surface area contributed by atoms with Crippen LogP contribution in [-0.2, 0) is 14.4 Å². The van der Waals surface area contributed by atoms with Gasteiger partial charge in [0, 0.05) is 6.07 Å². The highest BCUT2D eigenvalue weighted by molar-refractivity contribution is 6.06. The number of ether oxygens (including phenoxy) is 1. The first-order chi connectivity index (χ1) is 9.80. The maximum Gasteiger partial charge on any atom is 0.261 e. The number of nitrogens with one attached hydrogen (secondary N) is 1. The molecule has 112 valence electrons. The van der Waals surface area contributed by atoms with E-state index in [1.54, 1.807) is 0 Å². The molecule has 21 heavy (non-hydrogen) atoms. The van der Waals surface area contributed by atoms with Gasteiger partial charge in [-0.1, -0.05) is 6.07 Å².